The van der Waals surface area contributed by atoms with Gasteiger partial charge in [0.2, 0.25) is 0 Å². The maximum atomic E-state index is 5.91. The Bertz CT molecular complexity index is 268. The first-order valence-electron chi connectivity index (χ1n) is 3.28. The predicted octanol–water partition coefficient (Wildman–Crippen LogP) is 3.97. The Balaban J connectivity index is 2.86. The van der Waals surface area contributed by atoms with Crippen molar-refractivity contribution >= 4 is 23.4 Å². The topological polar surface area (TPSA) is 0 Å². The Labute approximate surface area is 76.3 Å². The van der Waals surface area contributed by atoms with Gasteiger partial charge in [-0.1, -0.05) is 42.1 Å². The Morgan fingerprint density at radius 1 is 1.45 bits per heavy atom. The number of hydrogen-bond acceptors (Lipinski definition) is 1. The highest BCUT2D eigenvalue weighted by Crippen LogP contribution is 2.30. The third kappa shape index (κ3) is 2.60. The second-order valence-electron chi connectivity index (χ2n) is 2.23. The minimum absolute atomic E-state index is 0.792. The Morgan fingerprint density at radius 2 is 2.09 bits per heavy atom. The zero-order valence-corrected chi connectivity index (χ0v) is 7.88. The third-order valence-corrected chi connectivity index (χ3v) is 2.49. The highest BCUT2D eigenvalue weighted by atomic mass is 35.5. The average Bonchev–Trinajstić information content (AvgIpc) is 1.93. The molecule has 0 heterocycles. The molecule has 58 valence electrons. The lowest BCUT2D eigenvalue weighted by atomic mass is 10.4. The fourth-order valence-corrected chi connectivity index (χ4v) is 1.65. The molecule has 0 nitrogen and oxygen atoms in total. The largest absolute Gasteiger partial charge is 0.0939 e. The van der Waals surface area contributed by atoms with Gasteiger partial charge >= 0.3 is 0 Å². The van der Waals surface area contributed by atoms with Crippen LogP contribution in [0, 0.1) is 0 Å². The van der Waals surface area contributed by atoms with Crippen LogP contribution in [0.2, 0.25) is 5.02 Å². The van der Waals surface area contributed by atoms with E-state index in [2.05, 4.69) is 6.58 Å². The molecule has 0 amide bonds. The van der Waals surface area contributed by atoms with Gasteiger partial charge in [-0.3, -0.25) is 0 Å². The van der Waals surface area contributed by atoms with E-state index in [0.29, 0.717) is 0 Å². The molecule has 0 saturated heterocycles. The van der Waals surface area contributed by atoms with Gasteiger partial charge in [-0.05, 0) is 24.0 Å². The van der Waals surface area contributed by atoms with Gasteiger partial charge in [0.25, 0.3) is 0 Å². The first-order chi connectivity index (χ1) is 5.20. The molecule has 2 heteroatoms. The second-order valence-corrected chi connectivity index (χ2v) is 3.98. The van der Waals surface area contributed by atoms with Gasteiger partial charge in [0.15, 0.2) is 0 Å². The molecular formula is C9H9ClS. The first kappa shape index (κ1) is 8.69. The zero-order chi connectivity index (χ0) is 8.27. The van der Waals surface area contributed by atoms with Crippen molar-refractivity contribution in [1.29, 1.82) is 0 Å². The van der Waals surface area contributed by atoms with Crippen LogP contribution in [0.5, 0.6) is 0 Å². The van der Waals surface area contributed by atoms with Crippen molar-refractivity contribution in [3.8, 4) is 0 Å². The molecule has 11 heavy (non-hydrogen) atoms. The first-order valence-corrected chi connectivity index (χ1v) is 4.47. The molecule has 0 radical (unpaired) electrons. The van der Waals surface area contributed by atoms with Crippen LogP contribution in [0.4, 0.5) is 0 Å². The number of benzene rings is 1. The van der Waals surface area contributed by atoms with E-state index in [-0.39, 0.29) is 0 Å². The summed E-state index contributed by atoms with van der Waals surface area (Å²) >= 11 is 7.51. The van der Waals surface area contributed by atoms with Crippen molar-refractivity contribution in [2.24, 2.45) is 0 Å². The van der Waals surface area contributed by atoms with Gasteiger partial charge in [0.05, 0.1) is 5.02 Å². The highest BCUT2D eigenvalue weighted by molar-refractivity contribution is 8.03. The molecule has 0 unspecified atom stereocenters. The number of hydrogen-bond donors (Lipinski definition) is 0. The van der Waals surface area contributed by atoms with Crippen molar-refractivity contribution in [3.05, 3.63) is 40.8 Å². The standard InChI is InChI=1S/C9H9ClS/c1-7(2)11-9-6-4-3-5-8(9)10/h3-6H,1H2,2H3. The van der Waals surface area contributed by atoms with Gasteiger partial charge in [0.1, 0.15) is 0 Å². The molecule has 0 fully saturated rings. The molecule has 1 rings (SSSR count). The van der Waals surface area contributed by atoms with Crippen LogP contribution in [-0.4, -0.2) is 0 Å². The molecule has 0 spiro atoms. The van der Waals surface area contributed by atoms with E-state index in [1.54, 1.807) is 11.8 Å². The van der Waals surface area contributed by atoms with E-state index in [1.807, 2.05) is 31.2 Å². The molecule has 0 N–H and O–H groups in total. The molecule has 1 aromatic rings. The van der Waals surface area contributed by atoms with Crippen LogP contribution in [0.25, 0.3) is 0 Å². The van der Waals surface area contributed by atoms with Gasteiger partial charge in [0, 0.05) is 4.90 Å². The van der Waals surface area contributed by atoms with E-state index in [1.165, 1.54) is 0 Å². The Kier molecular flexibility index (Phi) is 3.03. The normalized spacial score (nSPS) is 9.64. The van der Waals surface area contributed by atoms with Crippen LogP contribution >= 0.6 is 23.4 Å². The van der Waals surface area contributed by atoms with E-state index in [9.17, 15) is 0 Å². The van der Waals surface area contributed by atoms with Gasteiger partial charge < -0.3 is 0 Å². The maximum Gasteiger partial charge on any atom is 0.0545 e. The van der Waals surface area contributed by atoms with E-state index >= 15 is 0 Å². The zero-order valence-electron chi connectivity index (χ0n) is 6.30. The van der Waals surface area contributed by atoms with Crippen molar-refractivity contribution in [3.63, 3.8) is 0 Å². The van der Waals surface area contributed by atoms with Crippen molar-refractivity contribution in [2.45, 2.75) is 11.8 Å². The third-order valence-electron chi connectivity index (χ3n) is 1.12. The maximum absolute atomic E-state index is 5.91. The summed E-state index contributed by atoms with van der Waals surface area (Å²) in [5.74, 6) is 0. The van der Waals surface area contributed by atoms with E-state index in [0.717, 1.165) is 14.8 Å². The fraction of sp³-hybridized carbons (Fsp3) is 0.111. The van der Waals surface area contributed by atoms with Gasteiger partial charge in [-0.2, -0.15) is 0 Å². The monoisotopic (exact) mass is 184 g/mol. The minimum Gasteiger partial charge on any atom is -0.0939 e. The van der Waals surface area contributed by atoms with Gasteiger partial charge in [-0.15, -0.1) is 0 Å². The summed E-state index contributed by atoms with van der Waals surface area (Å²) in [6.07, 6.45) is 0. The predicted molar refractivity (Wildman–Crippen MR) is 52.1 cm³/mol. The van der Waals surface area contributed by atoms with E-state index in [4.69, 9.17) is 11.6 Å². The fourth-order valence-electron chi connectivity index (χ4n) is 0.715. The van der Waals surface area contributed by atoms with Crippen molar-refractivity contribution < 1.29 is 0 Å². The number of allylic oxidation sites excluding steroid dienone is 1. The SMILES string of the molecule is C=C(C)Sc1ccccc1Cl. The lowest BCUT2D eigenvalue weighted by Crippen LogP contribution is -1.71. The number of thioether (sulfide) groups is 1. The van der Waals surface area contributed by atoms with Crippen molar-refractivity contribution in [1.82, 2.24) is 0 Å². The summed E-state index contributed by atoms with van der Waals surface area (Å²) in [4.78, 5) is 2.12. The smallest absolute Gasteiger partial charge is 0.0545 e. The van der Waals surface area contributed by atoms with Crippen LogP contribution in [0.15, 0.2) is 40.6 Å². The molecule has 0 saturated carbocycles. The molecule has 0 atom stereocenters. The highest BCUT2D eigenvalue weighted by Gasteiger charge is 1.97. The quantitative estimate of drug-likeness (QED) is 0.627. The lowest BCUT2D eigenvalue weighted by molar-refractivity contribution is 1.46. The summed E-state index contributed by atoms with van der Waals surface area (Å²) in [7, 11) is 0. The molecule has 0 aliphatic heterocycles. The molecule has 1 aromatic carbocycles. The summed E-state index contributed by atoms with van der Waals surface area (Å²) < 4.78 is 0. The molecular weight excluding hydrogens is 176 g/mol. The summed E-state index contributed by atoms with van der Waals surface area (Å²) in [5, 5.41) is 0.792. The molecule has 0 bridgehead atoms. The van der Waals surface area contributed by atoms with Crippen LogP contribution in [-0.2, 0) is 0 Å². The Morgan fingerprint density at radius 3 is 2.64 bits per heavy atom. The summed E-state index contributed by atoms with van der Waals surface area (Å²) in [5.41, 5.74) is 0. The molecule has 0 aromatic heterocycles. The lowest BCUT2D eigenvalue weighted by Gasteiger charge is -2.00. The van der Waals surface area contributed by atoms with E-state index < -0.39 is 0 Å². The van der Waals surface area contributed by atoms with Crippen LogP contribution < -0.4 is 0 Å². The minimum atomic E-state index is 0.792. The number of rotatable bonds is 2. The molecule has 0 aliphatic rings. The summed E-state index contributed by atoms with van der Waals surface area (Å²) in [6, 6.07) is 7.76. The average molecular weight is 185 g/mol. The second kappa shape index (κ2) is 3.84. The van der Waals surface area contributed by atoms with Gasteiger partial charge in [-0.25, -0.2) is 0 Å². The summed E-state index contributed by atoms with van der Waals surface area (Å²) in [6.45, 7) is 5.76. The Hall–Kier alpha value is -0.400. The van der Waals surface area contributed by atoms with Crippen molar-refractivity contribution in [2.75, 3.05) is 0 Å². The molecule has 0 aliphatic carbocycles. The van der Waals surface area contributed by atoms with Crippen LogP contribution in [0.1, 0.15) is 6.92 Å². The van der Waals surface area contributed by atoms with Crippen LogP contribution in [0.3, 0.4) is 0 Å². The number of halogens is 1.